The molecule has 0 heterocycles. The van der Waals surface area contributed by atoms with E-state index in [1.165, 1.54) is 0 Å². The Morgan fingerprint density at radius 3 is 1.17 bits per heavy atom. The van der Waals surface area contributed by atoms with Gasteiger partial charge in [0.2, 0.25) is 0 Å². The van der Waals surface area contributed by atoms with Crippen LogP contribution in [0.15, 0.2) is 0 Å². The minimum absolute atomic E-state index is 0. The molecule has 0 unspecified atom stereocenters. The molecule has 0 saturated heterocycles. The molecule has 2 N–H and O–H groups in total. The maximum atomic E-state index is 8.74. The van der Waals surface area contributed by atoms with Crippen molar-refractivity contribution < 1.29 is 57.9 Å². The van der Waals surface area contributed by atoms with Gasteiger partial charge >= 0.3 is 10.4 Å². The summed E-state index contributed by atoms with van der Waals surface area (Å²) in [6.45, 7) is 0. The van der Waals surface area contributed by atoms with Gasteiger partial charge in [0.25, 0.3) is 0 Å². The summed E-state index contributed by atoms with van der Waals surface area (Å²) < 4.78 is 31.6. The first-order valence-corrected chi connectivity index (χ1v) is 2.10. The van der Waals surface area contributed by atoms with Crippen LogP contribution in [0.5, 0.6) is 0 Å². The van der Waals surface area contributed by atoms with Crippen molar-refractivity contribution in [3.8, 4) is 0 Å². The molecule has 37 valence electrons. The second kappa shape index (κ2) is 3.24. The van der Waals surface area contributed by atoms with E-state index in [4.69, 9.17) is 17.5 Å². The van der Waals surface area contributed by atoms with E-state index in [-0.39, 0.29) is 40.4 Å². The van der Waals surface area contributed by atoms with Crippen LogP contribution in [0.4, 0.5) is 0 Å². The molecule has 0 aromatic heterocycles. The second-order valence-corrected chi connectivity index (χ2v) is 1.34. The van der Waals surface area contributed by atoms with E-state index < -0.39 is 10.4 Å². The summed E-state index contributed by atoms with van der Waals surface area (Å²) in [7, 11) is -4.67. The van der Waals surface area contributed by atoms with Gasteiger partial charge in [0.05, 0.1) is 0 Å². The molecule has 0 bridgehead atoms. The van der Waals surface area contributed by atoms with Crippen LogP contribution < -0.4 is 0 Å². The summed E-state index contributed by atoms with van der Waals surface area (Å²) in [5.74, 6) is 0. The van der Waals surface area contributed by atoms with Gasteiger partial charge < -0.3 is 0 Å². The average molecular weight is 243 g/mol. The fraction of sp³-hybridized carbons (Fsp3) is 0. The van der Waals surface area contributed by atoms with Crippen LogP contribution in [0, 0.1) is 40.4 Å². The van der Waals surface area contributed by atoms with Gasteiger partial charge in [0, 0.05) is 40.4 Å². The summed E-state index contributed by atoms with van der Waals surface area (Å²) in [4.78, 5) is 0. The van der Waals surface area contributed by atoms with Gasteiger partial charge in [0.1, 0.15) is 0 Å². The zero-order valence-electron chi connectivity index (χ0n) is 2.57. The molecule has 4 nitrogen and oxygen atoms in total. The van der Waals surface area contributed by atoms with Crippen molar-refractivity contribution in [2.24, 2.45) is 0 Å². The third-order valence-electron chi connectivity index (χ3n) is 0. The first-order valence-electron chi connectivity index (χ1n) is 0.698. The molecule has 0 saturated carbocycles. The molecule has 6 heavy (non-hydrogen) atoms. The van der Waals surface area contributed by atoms with E-state index in [2.05, 4.69) is 0 Å². The third kappa shape index (κ3) is 63.2. The zero-order chi connectivity index (χ0) is 4.50. The number of hydrogen-bond acceptors (Lipinski definition) is 2. The van der Waals surface area contributed by atoms with E-state index in [0.29, 0.717) is 0 Å². The van der Waals surface area contributed by atoms with Crippen LogP contribution in [0.2, 0.25) is 0 Å². The topological polar surface area (TPSA) is 74.6 Å². The molecular formula is H2O4PmS. The molecule has 1 radical (unpaired) electrons. The van der Waals surface area contributed by atoms with Crippen LogP contribution in [0.25, 0.3) is 0 Å². The number of hydrogen-bond donors (Lipinski definition) is 2. The van der Waals surface area contributed by atoms with Crippen molar-refractivity contribution in [2.75, 3.05) is 0 Å². The van der Waals surface area contributed by atoms with Gasteiger partial charge in [-0.3, -0.25) is 9.11 Å². The van der Waals surface area contributed by atoms with Gasteiger partial charge in [-0.25, -0.2) is 0 Å². The van der Waals surface area contributed by atoms with Crippen molar-refractivity contribution in [2.45, 2.75) is 0 Å². The molecule has 6 heteroatoms. The van der Waals surface area contributed by atoms with Crippen molar-refractivity contribution >= 4 is 10.4 Å². The molecule has 0 atom stereocenters. The normalized spacial score (nSPS) is 9.67. The Kier molecular flexibility index (Phi) is 5.53. The Balaban J connectivity index is 0. The van der Waals surface area contributed by atoms with Crippen LogP contribution >= 0.6 is 0 Å². The van der Waals surface area contributed by atoms with E-state index in [9.17, 15) is 0 Å². The van der Waals surface area contributed by atoms with Crippen LogP contribution in [-0.2, 0) is 10.4 Å². The van der Waals surface area contributed by atoms with Crippen molar-refractivity contribution in [3.05, 3.63) is 0 Å². The molecule has 0 aliphatic rings. The Hall–Kier alpha value is 1.21. The van der Waals surface area contributed by atoms with Gasteiger partial charge in [-0.1, -0.05) is 0 Å². The maximum Gasteiger partial charge on any atom is 0.394 e. The Morgan fingerprint density at radius 1 is 1.17 bits per heavy atom. The minimum atomic E-state index is -4.67. The van der Waals surface area contributed by atoms with Crippen LogP contribution in [-0.4, -0.2) is 17.5 Å². The largest absolute Gasteiger partial charge is 0.394 e. The standard InChI is InChI=1S/H2O4S.Pm/c1-5(2,3)4;/h(H2,1,2,3,4);. The predicted molar refractivity (Wildman–Crippen MR) is 14.2 cm³/mol. The first kappa shape index (κ1) is 10.2. The monoisotopic (exact) mass is 243 g/mol. The summed E-state index contributed by atoms with van der Waals surface area (Å²) >= 11 is 0. The third-order valence-corrected chi connectivity index (χ3v) is 0. The molecule has 0 fully saturated rings. The van der Waals surface area contributed by atoms with E-state index >= 15 is 0 Å². The summed E-state index contributed by atoms with van der Waals surface area (Å²) in [5, 5.41) is 0. The summed E-state index contributed by atoms with van der Waals surface area (Å²) in [5.41, 5.74) is 0. The average Bonchev–Trinajstić information content (AvgIpc) is 0.722. The first-order chi connectivity index (χ1) is 2.00. The minimum Gasteiger partial charge on any atom is -0.264 e. The van der Waals surface area contributed by atoms with E-state index in [0.717, 1.165) is 0 Å². The van der Waals surface area contributed by atoms with Gasteiger partial charge in [-0.05, 0) is 0 Å². The fourth-order valence-electron chi connectivity index (χ4n) is 0. The molecule has 0 rings (SSSR count). The molecule has 0 aromatic carbocycles. The molecule has 0 aliphatic heterocycles. The SMILES string of the molecule is O=S(=O)(O)O.[Pm]. The maximum absolute atomic E-state index is 8.74. The Labute approximate surface area is 67.6 Å². The van der Waals surface area contributed by atoms with Crippen LogP contribution in [0.3, 0.4) is 0 Å². The zero-order valence-corrected chi connectivity index (χ0v) is 6.25. The molecule has 0 aliphatic carbocycles. The quantitative estimate of drug-likeness (QED) is 0.554. The molecule has 0 aromatic rings. The second-order valence-electron chi connectivity index (χ2n) is 0.448. The fourth-order valence-corrected chi connectivity index (χ4v) is 0. The summed E-state index contributed by atoms with van der Waals surface area (Å²) in [6.07, 6.45) is 0. The number of rotatable bonds is 0. The van der Waals surface area contributed by atoms with Gasteiger partial charge in [-0.2, -0.15) is 8.42 Å². The molecular weight excluding hydrogens is 241 g/mol. The van der Waals surface area contributed by atoms with Crippen LogP contribution in [0.1, 0.15) is 0 Å². The van der Waals surface area contributed by atoms with Crippen molar-refractivity contribution in [3.63, 3.8) is 0 Å². The van der Waals surface area contributed by atoms with Crippen molar-refractivity contribution in [1.29, 1.82) is 0 Å². The van der Waals surface area contributed by atoms with E-state index in [1.807, 2.05) is 0 Å². The molecule has 0 spiro atoms. The smallest absolute Gasteiger partial charge is 0.264 e. The van der Waals surface area contributed by atoms with Gasteiger partial charge in [0.15, 0.2) is 0 Å². The van der Waals surface area contributed by atoms with Crippen molar-refractivity contribution in [1.82, 2.24) is 0 Å². The van der Waals surface area contributed by atoms with Gasteiger partial charge in [-0.15, -0.1) is 0 Å². The Morgan fingerprint density at radius 2 is 1.17 bits per heavy atom. The summed E-state index contributed by atoms with van der Waals surface area (Å²) in [6, 6.07) is 0. The van der Waals surface area contributed by atoms with E-state index in [1.54, 1.807) is 0 Å². The molecule has 0 amide bonds. The predicted octanol–water partition coefficient (Wildman–Crippen LogP) is -0.653. The Bertz CT molecular complexity index is 90.7.